The number of hydrogen-bond acceptors (Lipinski definition) is 3. The van der Waals surface area contributed by atoms with Crippen LogP contribution in [0.5, 0.6) is 0 Å². The molecule has 0 radical (unpaired) electrons. The van der Waals surface area contributed by atoms with Gasteiger partial charge in [-0.1, -0.05) is 0 Å². The van der Waals surface area contributed by atoms with Crippen LogP contribution >= 0.6 is 15.9 Å². The Bertz CT molecular complexity index is 442. The van der Waals surface area contributed by atoms with Crippen molar-refractivity contribution in [3.63, 3.8) is 0 Å². The van der Waals surface area contributed by atoms with Crippen molar-refractivity contribution in [1.82, 2.24) is 15.1 Å². The van der Waals surface area contributed by atoms with Crippen LogP contribution in [-0.2, 0) is 17.8 Å². The molecule has 0 saturated carbocycles. The zero-order valence-electron chi connectivity index (χ0n) is 12.3. The first-order valence-corrected chi connectivity index (χ1v) is 7.81. The third-order valence-corrected chi connectivity index (χ3v) is 4.74. The molecular weight excluding hydrogens is 306 g/mol. The second-order valence-electron chi connectivity index (χ2n) is 5.84. The normalized spacial score (nSPS) is 22.7. The topological polar surface area (TPSA) is 39.1 Å². The molecule has 1 unspecified atom stereocenters. The van der Waals surface area contributed by atoms with E-state index < -0.39 is 0 Å². The fraction of sp³-hybridized carbons (Fsp3) is 0.786. The van der Waals surface area contributed by atoms with E-state index in [9.17, 15) is 0 Å². The van der Waals surface area contributed by atoms with E-state index in [1.54, 1.807) is 0 Å². The smallest absolute Gasteiger partial charge is 0.0739 e. The highest BCUT2D eigenvalue weighted by molar-refractivity contribution is 9.10. The van der Waals surface area contributed by atoms with E-state index in [2.05, 4.69) is 51.8 Å². The Labute approximate surface area is 124 Å². The Hall–Kier alpha value is -0.390. The number of nitrogens with zero attached hydrogens (tertiary/aromatic N) is 2. The third kappa shape index (κ3) is 3.58. The van der Waals surface area contributed by atoms with Gasteiger partial charge in [-0.3, -0.25) is 4.68 Å². The van der Waals surface area contributed by atoms with Gasteiger partial charge in [-0.25, -0.2) is 0 Å². The zero-order chi connectivity index (χ0) is 14.0. The molecule has 1 N–H and O–H groups in total. The fourth-order valence-corrected chi connectivity index (χ4v) is 3.11. The molecule has 0 aromatic carbocycles. The van der Waals surface area contributed by atoms with Crippen molar-refractivity contribution in [3.8, 4) is 0 Å². The molecule has 0 bridgehead atoms. The third-order valence-electron chi connectivity index (χ3n) is 3.71. The highest BCUT2D eigenvalue weighted by atomic mass is 79.9. The Morgan fingerprint density at radius 2 is 2.26 bits per heavy atom. The zero-order valence-corrected chi connectivity index (χ0v) is 13.9. The Morgan fingerprint density at radius 1 is 1.53 bits per heavy atom. The quantitative estimate of drug-likeness (QED) is 0.922. The molecule has 1 aromatic heterocycles. The minimum Gasteiger partial charge on any atom is -0.375 e. The van der Waals surface area contributed by atoms with Gasteiger partial charge < -0.3 is 10.1 Å². The predicted octanol–water partition coefficient (Wildman–Crippen LogP) is 3.02. The van der Waals surface area contributed by atoms with Crippen LogP contribution in [0.1, 0.15) is 45.0 Å². The molecule has 19 heavy (non-hydrogen) atoms. The Balaban J connectivity index is 1.99. The van der Waals surface area contributed by atoms with Gasteiger partial charge in [0.1, 0.15) is 0 Å². The number of rotatable bonds is 4. The van der Waals surface area contributed by atoms with Crippen molar-refractivity contribution in [3.05, 3.63) is 15.9 Å². The predicted molar refractivity (Wildman–Crippen MR) is 80.2 cm³/mol. The summed E-state index contributed by atoms with van der Waals surface area (Å²) in [6, 6.07) is 0.524. The van der Waals surface area contributed by atoms with Crippen LogP contribution in [-0.4, -0.2) is 28.0 Å². The molecule has 1 aromatic rings. The Kier molecular flexibility index (Phi) is 4.69. The molecule has 1 aliphatic rings. The molecule has 1 saturated heterocycles. The number of ether oxygens (including phenoxy) is 1. The van der Waals surface area contributed by atoms with E-state index in [4.69, 9.17) is 4.74 Å². The number of nitrogens with one attached hydrogen (secondary N) is 1. The first-order chi connectivity index (χ1) is 8.93. The lowest BCUT2D eigenvalue weighted by atomic mass is 9.94. The molecule has 0 amide bonds. The van der Waals surface area contributed by atoms with E-state index >= 15 is 0 Å². The summed E-state index contributed by atoms with van der Waals surface area (Å²) in [6.45, 7) is 11.1. The van der Waals surface area contributed by atoms with Gasteiger partial charge in [-0.2, -0.15) is 5.10 Å². The minimum atomic E-state index is -0.00589. The molecule has 4 nitrogen and oxygen atoms in total. The van der Waals surface area contributed by atoms with Crippen LogP contribution in [0.2, 0.25) is 0 Å². The number of halogens is 1. The van der Waals surface area contributed by atoms with Crippen LogP contribution in [0.15, 0.2) is 4.47 Å². The van der Waals surface area contributed by atoms with Crippen LogP contribution < -0.4 is 5.32 Å². The lowest BCUT2D eigenvalue weighted by Gasteiger charge is -2.36. The van der Waals surface area contributed by atoms with Crippen LogP contribution in [0, 0.1) is 6.92 Å². The fourth-order valence-electron chi connectivity index (χ4n) is 2.68. The summed E-state index contributed by atoms with van der Waals surface area (Å²) in [5.74, 6) is 0. The maximum Gasteiger partial charge on any atom is 0.0739 e. The average Bonchev–Trinajstić information content (AvgIpc) is 2.62. The van der Waals surface area contributed by atoms with E-state index in [0.717, 1.165) is 42.7 Å². The van der Waals surface area contributed by atoms with Crippen molar-refractivity contribution in [2.45, 2.75) is 65.3 Å². The molecular formula is C14H24BrN3O. The van der Waals surface area contributed by atoms with Gasteiger partial charge in [0.15, 0.2) is 0 Å². The van der Waals surface area contributed by atoms with Crippen LogP contribution in [0.4, 0.5) is 0 Å². The highest BCUT2D eigenvalue weighted by Gasteiger charge is 2.28. The van der Waals surface area contributed by atoms with Gasteiger partial charge in [-0.05, 0) is 56.5 Å². The molecule has 0 spiro atoms. The second kappa shape index (κ2) is 5.94. The molecule has 5 heteroatoms. The monoisotopic (exact) mass is 329 g/mol. The summed E-state index contributed by atoms with van der Waals surface area (Å²) in [4.78, 5) is 0. The summed E-state index contributed by atoms with van der Waals surface area (Å²) in [5, 5.41) is 8.18. The summed E-state index contributed by atoms with van der Waals surface area (Å²) < 4.78 is 8.95. The van der Waals surface area contributed by atoms with Gasteiger partial charge in [0.05, 0.1) is 21.5 Å². The SMILES string of the molecule is CCn1nc(C)c(Br)c1CNC1CCOC(C)(C)C1. The lowest BCUT2D eigenvalue weighted by molar-refractivity contribution is -0.0631. The van der Waals surface area contributed by atoms with Crippen molar-refractivity contribution in [2.75, 3.05) is 6.61 Å². The second-order valence-corrected chi connectivity index (χ2v) is 6.63. The summed E-state index contributed by atoms with van der Waals surface area (Å²) >= 11 is 3.64. The van der Waals surface area contributed by atoms with Crippen molar-refractivity contribution in [2.24, 2.45) is 0 Å². The van der Waals surface area contributed by atoms with E-state index in [1.165, 1.54) is 5.69 Å². The van der Waals surface area contributed by atoms with Gasteiger partial charge in [0, 0.05) is 25.7 Å². The van der Waals surface area contributed by atoms with Gasteiger partial charge in [0.2, 0.25) is 0 Å². The van der Waals surface area contributed by atoms with Gasteiger partial charge in [-0.15, -0.1) is 0 Å². The van der Waals surface area contributed by atoms with Crippen molar-refractivity contribution < 1.29 is 4.74 Å². The molecule has 1 atom stereocenters. The van der Waals surface area contributed by atoms with E-state index in [1.807, 2.05) is 6.92 Å². The molecule has 1 fully saturated rings. The minimum absolute atomic E-state index is 0.00589. The van der Waals surface area contributed by atoms with Gasteiger partial charge in [0.25, 0.3) is 0 Å². The van der Waals surface area contributed by atoms with Crippen molar-refractivity contribution in [1.29, 1.82) is 0 Å². The maximum absolute atomic E-state index is 5.75. The van der Waals surface area contributed by atoms with E-state index in [-0.39, 0.29) is 5.60 Å². The highest BCUT2D eigenvalue weighted by Crippen LogP contribution is 2.25. The maximum atomic E-state index is 5.75. The summed E-state index contributed by atoms with van der Waals surface area (Å²) in [5.41, 5.74) is 2.30. The lowest BCUT2D eigenvalue weighted by Crippen LogP contribution is -2.43. The first kappa shape index (κ1) is 15.0. The summed E-state index contributed by atoms with van der Waals surface area (Å²) in [6.07, 6.45) is 2.14. The average molecular weight is 330 g/mol. The van der Waals surface area contributed by atoms with Gasteiger partial charge >= 0.3 is 0 Å². The van der Waals surface area contributed by atoms with Crippen LogP contribution in [0.25, 0.3) is 0 Å². The largest absolute Gasteiger partial charge is 0.375 e. The number of hydrogen-bond donors (Lipinski definition) is 1. The van der Waals surface area contributed by atoms with Crippen molar-refractivity contribution >= 4 is 15.9 Å². The standard InChI is InChI=1S/C14H24BrN3O/c1-5-18-12(13(15)10(2)17-18)9-16-11-6-7-19-14(3,4)8-11/h11,16H,5-9H2,1-4H3. The summed E-state index contributed by atoms with van der Waals surface area (Å²) in [7, 11) is 0. The molecule has 1 aliphatic heterocycles. The molecule has 0 aliphatic carbocycles. The van der Waals surface area contributed by atoms with Crippen LogP contribution in [0.3, 0.4) is 0 Å². The van der Waals surface area contributed by atoms with E-state index in [0.29, 0.717) is 6.04 Å². The first-order valence-electron chi connectivity index (χ1n) is 7.02. The number of aryl methyl sites for hydroxylation is 2. The number of aromatic nitrogens is 2. The molecule has 2 heterocycles. The molecule has 2 rings (SSSR count). The Morgan fingerprint density at radius 3 is 2.89 bits per heavy atom. The molecule has 108 valence electrons.